The summed E-state index contributed by atoms with van der Waals surface area (Å²) in [5, 5.41) is 10.5. The van der Waals surface area contributed by atoms with Crippen LogP contribution in [0, 0.1) is 15.9 Å². The van der Waals surface area contributed by atoms with Crippen LogP contribution in [0.2, 0.25) is 5.15 Å². The lowest BCUT2D eigenvalue weighted by Gasteiger charge is -2.06. The largest absolute Gasteiger partial charge is 0.430 e. The molecule has 0 fully saturated rings. The molecular formula is C10H4BrClFN3O3. The van der Waals surface area contributed by atoms with Crippen molar-refractivity contribution in [3.05, 3.63) is 50.1 Å². The first kappa shape index (κ1) is 13.6. The van der Waals surface area contributed by atoms with Gasteiger partial charge in [-0.15, -0.1) is 0 Å². The van der Waals surface area contributed by atoms with Crippen LogP contribution in [0.3, 0.4) is 0 Å². The average Bonchev–Trinajstić information content (AvgIpc) is 2.33. The number of hydrogen-bond acceptors (Lipinski definition) is 5. The number of nitrogens with zero attached hydrogens (tertiary/aromatic N) is 3. The highest BCUT2D eigenvalue weighted by Crippen LogP contribution is 2.35. The molecule has 0 saturated carbocycles. The third kappa shape index (κ3) is 2.96. The van der Waals surface area contributed by atoms with Gasteiger partial charge in [0.15, 0.2) is 11.6 Å². The fourth-order valence-electron chi connectivity index (χ4n) is 1.23. The normalized spacial score (nSPS) is 10.3. The summed E-state index contributed by atoms with van der Waals surface area (Å²) in [7, 11) is 0. The highest BCUT2D eigenvalue weighted by Gasteiger charge is 2.24. The van der Waals surface area contributed by atoms with Gasteiger partial charge < -0.3 is 4.74 Å². The maximum absolute atomic E-state index is 13.5. The lowest BCUT2D eigenvalue weighted by Crippen LogP contribution is -1.99. The molecule has 6 nitrogen and oxygen atoms in total. The summed E-state index contributed by atoms with van der Waals surface area (Å²) in [5.74, 6) is -1.33. The first-order chi connectivity index (χ1) is 8.99. The number of ether oxygens (including phenoxy) is 1. The van der Waals surface area contributed by atoms with Gasteiger partial charge in [-0.3, -0.25) is 10.1 Å². The van der Waals surface area contributed by atoms with Gasteiger partial charge >= 0.3 is 11.6 Å². The second-order valence-corrected chi connectivity index (χ2v) is 4.53. The van der Waals surface area contributed by atoms with Gasteiger partial charge in [0, 0.05) is 4.47 Å². The lowest BCUT2D eigenvalue weighted by atomic mass is 10.3. The predicted molar refractivity (Wildman–Crippen MR) is 67.9 cm³/mol. The van der Waals surface area contributed by atoms with E-state index in [0.29, 0.717) is 4.47 Å². The van der Waals surface area contributed by atoms with E-state index in [9.17, 15) is 14.5 Å². The Hall–Kier alpha value is -1.80. The van der Waals surface area contributed by atoms with Crippen molar-refractivity contribution in [3.63, 3.8) is 0 Å². The molecule has 0 radical (unpaired) electrons. The quantitative estimate of drug-likeness (QED) is 0.480. The average molecular weight is 349 g/mol. The zero-order valence-electron chi connectivity index (χ0n) is 9.01. The summed E-state index contributed by atoms with van der Waals surface area (Å²) in [6.45, 7) is 0. The number of benzene rings is 1. The molecule has 98 valence electrons. The van der Waals surface area contributed by atoms with Gasteiger partial charge in [-0.1, -0.05) is 27.5 Å². The zero-order chi connectivity index (χ0) is 14.0. The van der Waals surface area contributed by atoms with Crippen molar-refractivity contribution in [3.8, 4) is 11.6 Å². The van der Waals surface area contributed by atoms with Crippen molar-refractivity contribution in [1.29, 1.82) is 0 Å². The lowest BCUT2D eigenvalue weighted by molar-refractivity contribution is -0.386. The minimum atomic E-state index is -0.798. The van der Waals surface area contributed by atoms with Crippen LogP contribution in [0.25, 0.3) is 0 Å². The Kier molecular flexibility index (Phi) is 3.91. The van der Waals surface area contributed by atoms with Crippen molar-refractivity contribution in [2.24, 2.45) is 0 Å². The minimum absolute atomic E-state index is 0.216. The molecule has 0 atom stereocenters. The van der Waals surface area contributed by atoms with Gasteiger partial charge in [0.1, 0.15) is 6.33 Å². The first-order valence-corrected chi connectivity index (χ1v) is 5.94. The Morgan fingerprint density at radius 2 is 2.16 bits per heavy atom. The first-order valence-electron chi connectivity index (χ1n) is 4.77. The summed E-state index contributed by atoms with van der Waals surface area (Å²) in [6.07, 6.45) is 0.987. The second kappa shape index (κ2) is 5.45. The molecule has 0 amide bonds. The molecule has 0 aliphatic rings. The summed E-state index contributed by atoms with van der Waals surface area (Å²) in [4.78, 5) is 17.1. The summed E-state index contributed by atoms with van der Waals surface area (Å²) < 4.78 is 19.1. The van der Waals surface area contributed by atoms with E-state index in [0.717, 1.165) is 12.4 Å². The molecule has 0 aliphatic heterocycles. The van der Waals surface area contributed by atoms with E-state index in [1.807, 2.05) is 0 Å². The Morgan fingerprint density at radius 1 is 1.42 bits per heavy atom. The Bertz CT molecular complexity index is 656. The predicted octanol–water partition coefficient (Wildman–Crippen LogP) is 3.73. The van der Waals surface area contributed by atoms with E-state index >= 15 is 0 Å². The molecule has 2 aromatic rings. The summed E-state index contributed by atoms with van der Waals surface area (Å²) in [6, 6.07) is 3.92. The van der Waals surface area contributed by atoms with Crippen LogP contribution in [0.15, 0.2) is 29.0 Å². The molecule has 0 spiro atoms. The number of nitro groups is 1. The fraction of sp³-hybridized carbons (Fsp3) is 0. The summed E-state index contributed by atoms with van der Waals surface area (Å²) >= 11 is 8.72. The molecule has 9 heteroatoms. The highest BCUT2D eigenvalue weighted by atomic mass is 79.9. The molecular weight excluding hydrogens is 344 g/mol. The van der Waals surface area contributed by atoms with Gasteiger partial charge in [-0.05, 0) is 18.2 Å². The monoisotopic (exact) mass is 347 g/mol. The zero-order valence-corrected chi connectivity index (χ0v) is 11.4. The maximum Gasteiger partial charge on any atom is 0.368 e. The molecule has 0 bridgehead atoms. The van der Waals surface area contributed by atoms with Gasteiger partial charge in [0.2, 0.25) is 5.15 Å². The summed E-state index contributed by atoms with van der Waals surface area (Å²) in [5.41, 5.74) is -0.622. The second-order valence-electron chi connectivity index (χ2n) is 3.25. The smallest absolute Gasteiger partial charge is 0.368 e. The van der Waals surface area contributed by atoms with Crippen molar-refractivity contribution in [2.45, 2.75) is 0 Å². The van der Waals surface area contributed by atoms with Crippen molar-refractivity contribution < 1.29 is 14.1 Å². The van der Waals surface area contributed by atoms with Crippen LogP contribution >= 0.6 is 27.5 Å². The van der Waals surface area contributed by atoms with Crippen molar-refractivity contribution in [1.82, 2.24) is 9.97 Å². The number of halogens is 3. The minimum Gasteiger partial charge on any atom is -0.430 e. The van der Waals surface area contributed by atoms with E-state index in [2.05, 4.69) is 25.9 Å². The van der Waals surface area contributed by atoms with Crippen LogP contribution in [0.4, 0.5) is 10.1 Å². The van der Waals surface area contributed by atoms with E-state index in [1.54, 1.807) is 0 Å². The maximum atomic E-state index is 13.5. The van der Waals surface area contributed by atoms with Gasteiger partial charge in [0.05, 0.1) is 4.92 Å². The van der Waals surface area contributed by atoms with Crippen LogP contribution in [0.1, 0.15) is 0 Å². The molecule has 1 heterocycles. The highest BCUT2D eigenvalue weighted by molar-refractivity contribution is 9.10. The number of rotatable bonds is 3. The van der Waals surface area contributed by atoms with Crippen LogP contribution < -0.4 is 4.74 Å². The number of hydrogen-bond donors (Lipinski definition) is 0. The topological polar surface area (TPSA) is 78.2 Å². The molecule has 19 heavy (non-hydrogen) atoms. The Morgan fingerprint density at radius 3 is 2.84 bits per heavy atom. The molecule has 2 rings (SSSR count). The van der Waals surface area contributed by atoms with Crippen LogP contribution in [-0.2, 0) is 0 Å². The van der Waals surface area contributed by atoms with Gasteiger partial charge in [-0.25, -0.2) is 9.37 Å². The van der Waals surface area contributed by atoms with Crippen molar-refractivity contribution in [2.75, 3.05) is 0 Å². The Balaban J connectivity index is 2.46. The van der Waals surface area contributed by atoms with E-state index in [4.69, 9.17) is 16.3 Å². The third-order valence-electron chi connectivity index (χ3n) is 2.03. The molecule has 1 aromatic carbocycles. The molecule has 1 aromatic heterocycles. The van der Waals surface area contributed by atoms with Gasteiger partial charge in [-0.2, -0.15) is 4.98 Å². The third-order valence-corrected chi connectivity index (χ3v) is 2.80. The molecule has 0 N–H and O–H groups in total. The number of aromatic nitrogens is 2. The molecule has 0 saturated heterocycles. The molecule has 0 aliphatic carbocycles. The fourth-order valence-corrected chi connectivity index (χ4v) is 1.76. The standard InChI is InChI=1S/C10H4BrClFN3O3/c11-5-1-2-6(13)7(3-5)19-10-8(16(17)18)9(12)14-4-15-10/h1-4H. The van der Waals surface area contributed by atoms with E-state index < -0.39 is 22.3 Å². The van der Waals surface area contributed by atoms with E-state index in [1.165, 1.54) is 12.1 Å². The Labute approximate surface area is 119 Å². The SMILES string of the molecule is O=[N+]([O-])c1c(Cl)ncnc1Oc1cc(Br)ccc1F. The van der Waals surface area contributed by atoms with Crippen LogP contribution in [0.5, 0.6) is 11.6 Å². The van der Waals surface area contributed by atoms with E-state index in [-0.39, 0.29) is 10.9 Å². The molecule has 0 unspecified atom stereocenters. The van der Waals surface area contributed by atoms with Gasteiger partial charge in [0.25, 0.3) is 0 Å². The van der Waals surface area contributed by atoms with Crippen molar-refractivity contribution >= 4 is 33.2 Å². The van der Waals surface area contributed by atoms with Crippen LogP contribution in [-0.4, -0.2) is 14.9 Å².